The molecule has 0 radical (unpaired) electrons. The van der Waals surface area contributed by atoms with Gasteiger partial charge in [-0.25, -0.2) is 8.42 Å². The van der Waals surface area contributed by atoms with Gasteiger partial charge in [0.2, 0.25) is 11.2 Å². The second-order valence-electron chi connectivity index (χ2n) is 4.56. The molecule has 3 aromatic rings. The first-order valence-corrected chi connectivity index (χ1v) is 7.60. The minimum atomic E-state index is -4.79. The van der Waals surface area contributed by atoms with Gasteiger partial charge >= 0.3 is 29.6 Å². The van der Waals surface area contributed by atoms with Crippen molar-refractivity contribution in [3.05, 3.63) is 58.8 Å². The van der Waals surface area contributed by atoms with Gasteiger partial charge in [0.1, 0.15) is 15.7 Å². The largest absolute Gasteiger partial charge is 1.00 e. The average Bonchev–Trinajstić information content (AvgIpc) is 2.50. The SMILES string of the molecule is O=c1c(O)c(-c2ccccc2S(=O)(=O)[O-])oc2ccccc12.[Na+]. The van der Waals surface area contributed by atoms with Gasteiger partial charge in [0.15, 0.2) is 5.76 Å². The van der Waals surface area contributed by atoms with Crippen LogP contribution in [-0.4, -0.2) is 18.1 Å². The van der Waals surface area contributed by atoms with Crippen LogP contribution in [0.25, 0.3) is 22.3 Å². The molecule has 0 atom stereocenters. The molecule has 0 amide bonds. The smallest absolute Gasteiger partial charge is 0.744 e. The van der Waals surface area contributed by atoms with Crippen molar-refractivity contribution in [3.8, 4) is 17.1 Å². The standard InChI is InChI=1S/C15H10O6S.Na/c16-13-9-5-1-3-7-11(9)21-15(14(13)17)10-6-2-4-8-12(10)22(18,19)20;/h1-8,17H,(H,18,19,20);/q;+1/p-1. The van der Waals surface area contributed by atoms with Crippen molar-refractivity contribution in [2.24, 2.45) is 0 Å². The second kappa shape index (κ2) is 6.46. The molecule has 1 heterocycles. The molecule has 6 nitrogen and oxygen atoms in total. The van der Waals surface area contributed by atoms with Gasteiger partial charge in [0.05, 0.1) is 10.3 Å². The van der Waals surface area contributed by atoms with Crippen LogP contribution < -0.4 is 35.0 Å². The van der Waals surface area contributed by atoms with E-state index in [1.165, 1.54) is 30.3 Å². The number of para-hydroxylation sites is 1. The van der Waals surface area contributed by atoms with Crippen LogP contribution >= 0.6 is 0 Å². The maximum atomic E-state index is 12.1. The number of aromatic hydroxyl groups is 1. The van der Waals surface area contributed by atoms with Gasteiger partial charge in [0.25, 0.3) is 0 Å². The Kier molecular flexibility index (Phi) is 4.98. The second-order valence-corrected chi connectivity index (χ2v) is 5.90. The third-order valence-corrected chi connectivity index (χ3v) is 4.07. The summed E-state index contributed by atoms with van der Waals surface area (Å²) in [6, 6.07) is 11.4. The molecule has 0 aliphatic carbocycles. The zero-order valence-corrected chi connectivity index (χ0v) is 14.8. The summed E-state index contributed by atoms with van der Waals surface area (Å²) in [6.45, 7) is 0. The van der Waals surface area contributed by atoms with E-state index in [4.69, 9.17) is 4.42 Å². The third-order valence-electron chi connectivity index (χ3n) is 3.17. The van der Waals surface area contributed by atoms with E-state index in [1.807, 2.05) is 0 Å². The van der Waals surface area contributed by atoms with Crippen molar-refractivity contribution in [1.29, 1.82) is 0 Å². The number of fused-ring (bicyclic) bond motifs is 1. The zero-order valence-electron chi connectivity index (χ0n) is 12.0. The predicted molar refractivity (Wildman–Crippen MR) is 77.5 cm³/mol. The van der Waals surface area contributed by atoms with Crippen LogP contribution in [0.4, 0.5) is 0 Å². The summed E-state index contributed by atoms with van der Waals surface area (Å²) in [6.07, 6.45) is 0. The summed E-state index contributed by atoms with van der Waals surface area (Å²) in [5.41, 5.74) is -0.675. The molecular weight excluding hydrogens is 331 g/mol. The molecule has 0 bridgehead atoms. The average molecular weight is 340 g/mol. The monoisotopic (exact) mass is 340 g/mol. The van der Waals surface area contributed by atoms with E-state index in [0.717, 1.165) is 6.07 Å². The van der Waals surface area contributed by atoms with E-state index in [-0.39, 0.29) is 51.9 Å². The van der Waals surface area contributed by atoms with E-state index in [0.29, 0.717) is 0 Å². The summed E-state index contributed by atoms with van der Waals surface area (Å²) >= 11 is 0. The van der Waals surface area contributed by atoms with E-state index < -0.39 is 26.2 Å². The Morgan fingerprint density at radius 2 is 1.61 bits per heavy atom. The minimum absolute atomic E-state index is 0. The van der Waals surface area contributed by atoms with E-state index in [9.17, 15) is 22.9 Å². The maximum Gasteiger partial charge on any atom is 1.00 e. The summed E-state index contributed by atoms with van der Waals surface area (Å²) < 4.78 is 39.4. The molecule has 0 saturated carbocycles. The van der Waals surface area contributed by atoms with Crippen LogP contribution in [0.5, 0.6) is 5.75 Å². The minimum Gasteiger partial charge on any atom is -0.744 e. The molecule has 0 unspecified atom stereocenters. The first-order valence-electron chi connectivity index (χ1n) is 6.19. The summed E-state index contributed by atoms with van der Waals surface area (Å²) in [7, 11) is -4.79. The van der Waals surface area contributed by atoms with Crippen LogP contribution in [0.2, 0.25) is 0 Å². The van der Waals surface area contributed by atoms with Gasteiger partial charge in [-0.2, -0.15) is 0 Å². The third kappa shape index (κ3) is 3.19. The van der Waals surface area contributed by atoms with Crippen LogP contribution in [0.15, 0.2) is 62.6 Å². The number of rotatable bonds is 2. The van der Waals surface area contributed by atoms with Crippen LogP contribution in [0.1, 0.15) is 0 Å². The number of hydrogen-bond acceptors (Lipinski definition) is 6. The Hall–Kier alpha value is -1.64. The van der Waals surface area contributed by atoms with Crippen molar-refractivity contribution >= 4 is 21.1 Å². The molecule has 2 aromatic carbocycles. The molecule has 0 aliphatic heterocycles. The Morgan fingerprint density at radius 3 is 2.30 bits per heavy atom. The van der Waals surface area contributed by atoms with Crippen molar-refractivity contribution < 1.29 is 52.1 Å². The van der Waals surface area contributed by atoms with Crippen molar-refractivity contribution in [2.75, 3.05) is 0 Å². The molecular formula is C15H9NaO6S. The van der Waals surface area contributed by atoms with Gasteiger partial charge in [0, 0.05) is 5.56 Å². The molecule has 1 N–H and O–H groups in total. The van der Waals surface area contributed by atoms with Gasteiger partial charge in [-0.05, 0) is 24.3 Å². The Morgan fingerprint density at radius 1 is 1.00 bits per heavy atom. The van der Waals surface area contributed by atoms with Crippen LogP contribution in [0, 0.1) is 0 Å². The molecule has 112 valence electrons. The molecule has 0 fully saturated rings. The Bertz CT molecular complexity index is 1040. The van der Waals surface area contributed by atoms with Gasteiger partial charge in [-0.15, -0.1) is 0 Å². The van der Waals surface area contributed by atoms with Crippen molar-refractivity contribution in [1.82, 2.24) is 0 Å². The molecule has 0 saturated heterocycles. The fourth-order valence-electron chi connectivity index (χ4n) is 2.19. The van der Waals surface area contributed by atoms with E-state index in [1.54, 1.807) is 12.1 Å². The van der Waals surface area contributed by atoms with Crippen molar-refractivity contribution in [2.45, 2.75) is 4.90 Å². The first-order chi connectivity index (χ1) is 10.4. The quantitative estimate of drug-likeness (QED) is 0.477. The van der Waals surface area contributed by atoms with Crippen LogP contribution in [0.3, 0.4) is 0 Å². The van der Waals surface area contributed by atoms with Crippen molar-refractivity contribution in [3.63, 3.8) is 0 Å². The van der Waals surface area contributed by atoms with Crippen LogP contribution in [-0.2, 0) is 10.1 Å². The summed E-state index contributed by atoms with van der Waals surface area (Å²) in [4.78, 5) is 11.6. The van der Waals surface area contributed by atoms with Gasteiger partial charge < -0.3 is 14.1 Å². The fourth-order valence-corrected chi connectivity index (χ4v) is 2.86. The number of hydrogen-bond donors (Lipinski definition) is 1. The zero-order chi connectivity index (χ0) is 15.9. The number of benzene rings is 2. The van der Waals surface area contributed by atoms with Gasteiger partial charge in [-0.3, -0.25) is 4.79 Å². The molecule has 3 rings (SSSR count). The Balaban J connectivity index is 0.00000192. The molecule has 8 heteroatoms. The molecule has 0 spiro atoms. The molecule has 23 heavy (non-hydrogen) atoms. The predicted octanol–water partition coefficient (Wildman–Crippen LogP) is -0.926. The Labute approximate surface area is 153 Å². The maximum absolute atomic E-state index is 12.1. The first kappa shape index (κ1) is 17.7. The van der Waals surface area contributed by atoms with E-state index in [2.05, 4.69) is 0 Å². The fraction of sp³-hybridized carbons (Fsp3) is 0. The topological polar surface area (TPSA) is 108 Å². The van der Waals surface area contributed by atoms with E-state index >= 15 is 0 Å². The summed E-state index contributed by atoms with van der Waals surface area (Å²) in [5.74, 6) is -1.09. The molecule has 1 aromatic heterocycles. The summed E-state index contributed by atoms with van der Waals surface area (Å²) in [5, 5.41) is 10.2. The molecule has 0 aliphatic rings. The van der Waals surface area contributed by atoms with Gasteiger partial charge in [-0.1, -0.05) is 24.3 Å². The normalized spacial score (nSPS) is 11.2.